The van der Waals surface area contributed by atoms with Crippen molar-refractivity contribution in [2.75, 3.05) is 0 Å². The van der Waals surface area contributed by atoms with Crippen molar-refractivity contribution in [2.24, 2.45) is 0 Å². The van der Waals surface area contributed by atoms with Crippen LogP contribution in [0.25, 0.3) is 11.0 Å². The number of rotatable bonds is 4. The van der Waals surface area contributed by atoms with E-state index in [0.717, 1.165) is 20.7 Å². The SMILES string of the molecule is Cc1cc(C(=O)OCc2cc(=O)oc3cc(C)c(C(C)C)cc23)c(C)s1. The Morgan fingerprint density at radius 1 is 1.15 bits per heavy atom. The first-order valence-electron chi connectivity index (χ1n) is 8.57. The van der Waals surface area contributed by atoms with Crippen molar-refractivity contribution in [1.29, 1.82) is 0 Å². The van der Waals surface area contributed by atoms with Gasteiger partial charge in [-0.3, -0.25) is 0 Å². The Morgan fingerprint density at radius 3 is 2.50 bits per heavy atom. The van der Waals surface area contributed by atoms with E-state index in [9.17, 15) is 9.59 Å². The molecule has 0 radical (unpaired) electrons. The number of fused-ring (bicyclic) bond motifs is 1. The normalized spacial score (nSPS) is 11.3. The summed E-state index contributed by atoms with van der Waals surface area (Å²) in [6.45, 7) is 10.1. The molecule has 0 amide bonds. The molecule has 0 fully saturated rings. The fourth-order valence-electron chi connectivity index (χ4n) is 3.19. The molecule has 5 heteroatoms. The molecule has 0 aliphatic heterocycles. The molecular weight excluding hydrogens is 348 g/mol. The monoisotopic (exact) mass is 370 g/mol. The molecule has 136 valence electrons. The Morgan fingerprint density at radius 2 is 1.88 bits per heavy atom. The lowest BCUT2D eigenvalue weighted by Crippen LogP contribution is -2.08. The van der Waals surface area contributed by atoms with E-state index in [1.165, 1.54) is 11.6 Å². The number of thiophene rings is 1. The third-order valence-corrected chi connectivity index (χ3v) is 5.42. The van der Waals surface area contributed by atoms with E-state index >= 15 is 0 Å². The van der Waals surface area contributed by atoms with Crippen molar-refractivity contribution in [2.45, 2.75) is 47.1 Å². The van der Waals surface area contributed by atoms with Crippen molar-refractivity contribution >= 4 is 28.3 Å². The van der Waals surface area contributed by atoms with Crippen LogP contribution in [0, 0.1) is 20.8 Å². The Kier molecular flexibility index (Phi) is 5.01. The van der Waals surface area contributed by atoms with Gasteiger partial charge in [-0.25, -0.2) is 9.59 Å². The maximum Gasteiger partial charge on any atom is 0.339 e. The summed E-state index contributed by atoms with van der Waals surface area (Å²) in [6, 6.07) is 7.14. The lowest BCUT2D eigenvalue weighted by Gasteiger charge is -2.13. The second-order valence-corrected chi connectivity index (χ2v) is 8.31. The smallest absolute Gasteiger partial charge is 0.339 e. The highest BCUT2D eigenvalue weighted by molar-refractivity contribution is 7.12. The van der Waals surface area contributed by atoms with Crippen molar-refractivity contribution in [1.82, 2.24) is 0 Å². The van der Waals surface area contributed by atoms with Crippen LogP contribution in [-0.2, 0) is 11.3 Å². The highest BCUT2D eigenvalue weighted by Crippen LogP contribution is 2.27. The topological polar surface area (TPSA) is 56.5 Å². The Balaban J connectivity index is 1.96. The zero-order chi connectivity index (χ0) is 19.0. The molecule has 0 atom stereocenters. The summed E-state index contributed by atoms with van der Waals surface area (Å²) in [7, 11) is 0. The van der Waals surface area contributed by atoms with E-state index in [1.807, 2.05) is 39.0 Å². The van der Waals surface area contributed by atoms with E-state index in [1.54, 1.807) is 11.3 Å². The lowest BCUT2D eigenvalue weighted by molar-refractivity contribution is 0.0473. The summed E-state index contributed by atoms with van der Waals surface area (Å²) < 4.78 is 10.8. The number of esters is 1. The molecule has 0 N–H and O–H groups in total. The number of ether oxygens (including phenoxy) is 1. The highest BCUT2D eigenvalue weighted by Gasteiger charge is 2.16. The van der Waals surface area contributed by atoms with Crippen LogP contribution in [0.5, 0.6) is 0 Å². The fraction of sp³-hybridized carbons (Fsp3) is 0.333. The zero-order valence-electron chi connectivity index (χ0n) is 15.6. The molecule has 2 aromatic heterocycles. The van der Waals surface area contributed by atoms with Gasteiger partial charge in [0.15, 0.2) is 0 Å². The minimum absolute atomic E-state index is 0.0376. The molecule has 0 spiro atoms. The molecule has 0 unspecified atom stereocenters. The molecule has 2 heterocycles. The molecule has 0 saturated carbocycles. The summed E-state index contributed by atoms with van der Waals surface area (Å²) in [4.78, 5) is 26.3. The van der Waals surface area contributed by atoms with Gasteiger partial charge in [0.1, 0.15) is 12.2 Å². The van der Waals surface area contributed by atoms with E-state index < -0.39 is 5.63 Å². The standard InChI is InChI=1S/C21H22O4S/c1-11(2)16-9-18-15(8-20(22)25-19(18)6-12(16)3)10-24-21(23)17-7-13(4)26-14(17)5/h6-9,11H,10H2,1-5H3. The molecule has 26 heavy (non-hydrogen) atoms. The van der Waals surface area contributed by atoms with Gasteiger partial charge in [-0.05, 0) is 56.0 Å². The number of hydrogen-bond donors (Lipinski definition) is 0. The van der Waals surface area contributed by atoms with Gasteiger partial charge in [-0.15, -0.1) is 11.3 Å². The van der Waals surface area contributed by atoms with Crippen LogP contribution in [0.15, 0.2) is 33.5 Å². The minimum Gasteiger partial charge on any atom is -0.457 e. The van der Waals surface area contributed by atoms with Gasteiger partial charge >= 0.3 is 11.6 Å². The van der Waals surface area contributed by atoms with Crippen molar-refractivity contribution in [3.63, 3.8) is 0 Å². The third-order valence-electron chi connectivity index (χ3n) is 4.46. The van der Waals surface area contributed by atoms with Crippen molar-refractivity contribution < 1.29 is 13.9 Å². The number of carbonyl (C=O) groups excluding carboxylic acids is 1. The minimum atomic E-state index is -0.442. The third kappa shape index (κ3) is 3.58. The molecule has 4 nitrogen and oxygen atoms in total. The highest BCUT2D eigenvalue weighted by atomic mass is 32.1. The van der Waals surface area contributed by atoms with E-state index in [-0.39, 0.29) is 12.6 Å². The van der Waals surface area contributed by atoms with Crippen LogP contribution in [0.2, 0.25) is 0 Å². The zero-order valence-corrected chi connectivity index (χ0v) is 16.5. The second kappa shape index (κ2) is 7.08. The summed E-state index contributed by atoms with van der Waals surface area (Å²) in [5.74, 6) is -0.0254. The van der Waals surface area contributed by atoms with E-state index in [4.69, 9.17) is 9.15 Å². The van der Waals surface area contributed by atoms with Crippen LogP contribution < -0.4 is 5.63 Å². The van der Waals surface area contributed by atoms with Crippen LogP contribution in [0.3, 0.4) is 0 Å². The molecule has 3 rings (SSSR count). The van der Waals surface area contributed by atoms with Crippen LogP contribution in [0.4, 0.5) is 0 Å². The molecule has 0 aliphatic carbocycles. The van der Waals surface area contributed by atoms with Crippen molar-refractivity contribution in [3.8, 4) is 0 Å². The predicted molar refractivity (Wildman–Crippen MR) is 104 cm³/mol. The first-order valence-corrected chi connectivity index (χ1v) is 9.39. The summed E-state index contributed by atoms with van der Waals surface area (Å²) in [5, 5.41) is 0.810. The largest absolute Gasteiger partial charge is 0.457 e. The summed E-state index contributed by atoms with van der Waals surface area (Å²) >= 11 is 1.57. The Hall–Kier alpha value is -2.40. The number of aryl methyl sites for hydroxylation is 3. The first-order chi connectivity index (χ1) is 12.3. The van der Waals surface area contributed by atoms with Gasteiger partial charge in [-0.2, -0.15) is 0 Å². The second-order valence-electron chi connectivity index (χ2n) is 6.85. The van der Waals surface area contributed by atoms with Gasteiger partial charge in [0.2, 0.25) is 0 Å². The van der Waals surface area contributed by atoms with Crippen LogP contribution >= 0.6 is 11.3 Å². The fourth-order valence-corrected chi connectivity index (χ4v) is 4.10. The van der Waals surface area contributed by atoms with Crippen LogP contribution in [0.1, 0.15) is 56.6 Å². The number of carbonyl (C=O) groups is 1. The number of hydrogen-bond acceptors (Lipinski definition) is 5. The van der Waals surface area contributed by atoms with Gasteiger partial charge in [-0.1, -0.05) is 13.8 Å². The average Bonchev–Trinajstić information content (AvgIpc) is 2.89. The van der Waals surface area contributed by atoms with Gasteiger partial charge in [0.05, 0.1) is 5.56 Å². The van der Waals surface area contributed by atoms with E-state index in [2.05, 4.69) is 13.8 Å². The summed E-state index contributed by atoms with van der Waals surface area (Å²) in [5.41, 5.74) is 3.59. The van der Waals surface area contributed by atoms with E-state index in [0.29, 0.717) is 22.6 Å². The molecule has 0 aliphatic rings. The maximum atomic E-state index is 12.4. The average molecular weight is 370 g/mol. The molecule has 0 saturated heterocycles. The molecule has 3 aromatic rings. The lowest BCUT2D eigenvalue weighted by atomic mass is 9.95. The molecule has 1 aromatic carbocycles. The predicted octanol–water partition coefficient (Wildman–Crippen LogP) is 5.26. The van der Waals surface area contributed by atoms with Gasteiger partial charge in [0, 0.05) is 26.8 Å². The first kappa shape index (κ1) is 18.4. The molecular formula is C21H22O4S. The van der Waals surface area contributed by atoms with Crippen LogP contribution in [-0.4, -0.2) is 5.97 Å². The number of benzene rings is 1. The van der Waals surface area contributed by atoms with Gasteiger partial charge < -0.3 is 9.15 Å². The summed E-state index contributed by atoms with van der Waals surface area (Å²) in [6.07, 6.45) is 0. The quantitative estimate of drug-likeness (QED) is 0.464. The van der Waals surface area contributed by atoms with Gasteiger partial charge in [0.25, 0.3) is 0 Å². The Bertz CT molecular complexity index is 1040. The maximum absolute atomic E-state index is 12.4. The Labute approximate surface area is 156 Å². The molecule has 0 bridgehead atoms. The van der Waals surface area contributed by atoms with Crippen molar-refractivity contribution in [3.05, 3.63) is 66.7 Å².